The SMILES string of the molecule is O=C(O)C1C=Cc2cccc(F)c2C1. The van der Waals surface area contributed by atoms with Crippen LogP contribution >= 0.6 is 0 Å². The zero-order valence-corrected chi connectivity index (χ0v) is 7.40. The number of carbonyl (C=O) groups is 1. The van der Waals surface area contributed by atoms with Crippen molar-refractivity contribution in [2.24, 2.45) is 5.92 Å². The molecule has 72 valence electrons. The Kier molecular flexibility index (Phi) is 2.08. The second-order valence-electron chi connectivity index (χ2n) is 3.32. The third-order valence-electron chi connectivity index (χ3n) is 2.40. The van der Waals surface area contributed by atoms with E-state index in [-0.39, 0.29) is 12.2 Å². The van der Waals surface area contributed by atoms with Crippen molar-refractivity contribution in [1.82, 2.24) is 0 Å². The average molecular weight is 192 g/mol. The van der Waals surface area contributed by atoms with Gasteiger partial charge >= 0.3 is 5.97 Å². The smallest absolute Gasteiger partial charge is 0.310 e. The second-order valence-corrected chi connectivity index (χ2v) is 3.32. The van der Waals surface area contributed by atoms with Crippen LogP contribution in [0.1, 0.15) is 11.1 Å². The molecule has 1 aromatic rings. The molecule has 1 aliphatic carbocycles. The third kappa shape index (κ3) is 1.41. The Morgan fingerprint density at radius 2 is 2.29 bits per heavy atom. The van der Waals surface area contributed by atoms with Crippen LogP contribution < -0.4 is 0 Å². The molecule has 0 bridgehead atoms. The number of fused-ring (bicyclic) bond motifs is 1. The van der Waals surface area contributed by atoms with Gasteiger partial charge in [0, 0.05) is 0 Å². The fourth-order valence-electron chi connectivity index (χ4n) is 1.62. The Balaban J connectivity index is 2.42. The summed E-state index contributed by atoms with van der Waals surface area (Å²) in [6.07, 6.45) is 3.51. The van der Waals surface area contributed by atoms with Gasteiger partial charge in [0.1, 0.15) is 5.82 Å². The van der Waals surface area contributed by atoms with E-state index < -0.39 is 11.9 Å². The van der Waals surface area contributed by atoms with Crippen LogP contribution in [0.4, 0.5) is 4.39 Å². The molecule has 2 rings (SSSR count). The van der Waals surface area contributed by atoms with Crippen molar-refractivity contribution in [3.63, 3.8) is 0 Å². The van der Waals surface area contributed by atoms with E-state index >= 15 is 0 Å². The van der Waals surface area contributed by atoms with E-state index in [2.05, 4.69) is 0 Å². The number of aliphatic carboxylic acids is 1. The summed E-state index contributed by atoms with van der Waals surface area (Å²) in [6, 6.07) is 4.77. The lowest BCUT2D eigenvalue weighted by Gasteiger charge is -2.16. The molecule has 0 heterocycles. The number of rotatable bonds is 1. The molecule has 0 aliphatic heterocycles. The van der Waals surface area contributed by atoms with Crippen molar-refractivity contribution in [1.29, 1.82) is 0 Å². The number of hydrogen-bond acceptors (Lipinski definition) is 1. The van der Waals surface area contributed by atoms with Gasteiger partial charge in [-0.25, -0.2) is 4.39 Å². The molecule has 1 atom stereocenters. The minimum Gasteiger partial charge on any atom is -0.481 e. The van der Waals surface area contributed by atoms with Crippen LogP contribution in [0, 0.1) is 11.7 Å². The molecular formula is C11H9FO2. The van der Waals surface area contributed by atoms with E-state index in [1.165, 1.54) is 6.07 Å². The lowest BCUT2D eigenvalue weighted by atomic mass is 9.89. The minimum absolute atomic E-state index is 0.244. The summed E-state index contributed by atoms with van der Waals surface area (Å²) in [5.41, 5.74) is 1.28. The van der Waals surface area contributed by atoms with E-state index in [0.717, 1.165) is 5.56 Å². The predicted octanol–water partition coefficient (Wildman–Crippen LogP) is 2.10. The van der Waals surface area contributed by atoms with Crippen molar-refractivity contribution >= 4 is 12.0 Å². The van der Waals surface area contributed by atoms with Gasteiger partial charge in [-0.2, -0.15) is 0 Å². The van der Waals surface area contributed by atoms with Crippen molar-refractivity contribution in [2.45, 2.75) is 6.42 Å². The summed E-state index contributed by atoms with van der Waals surface area (Å²) < 4.78 is 13.3. The molecule has 0 saturated carbocycles. The van der Waals surface area contributed by atoms with Crippen LogP contribution in [0.15, 0.2) is 24.3 Å². The molecule has 0 fully saturated rings. The maximum absolute atomic E-state index is 13.3. The van der Waals surface area contributed by atoms with Crippen LogP contribution in [0.25, 0.3) is 6.08 Å². The molecule has 1 aliphatic rings. The zero-order chi connectivity index (χ0) is 10.1. The monoisotopic (exact) mass is 192 g/mol. The van der Waals surface area contributed by atoms with Gasteiger partial charge in [0.25, 0.3) is 0 Å². The number of carboxylic acid groups (broad SMARTS) is 1. The maximum atomic E-state index is 13.3. The molecule has 0 radical (unpaired) electrons. The lowest BCUT2D eigenvalue weighted by molar-refractivity contribution is -0.140. The topological polar surface area (TPSA) is 37.3 Å². The highest BCUT2D eigenvalue weighted by atomic mass is 19.1. The minimum atomic E-state index is -0.907. The van der Waals surface area contributed by atoms with E-state index in [1.807, 2.05) is 0 Å². The van der Waals surface area contributed by atoms with Gasteiger partial charge in [0.05, 0.1) is 5.92 Å². The Hall–Kier alpha value is -1.64. The first-order chi connectivity index (χ1) is 6.68. The van der Waals surface area contributed by atoms with Crippen LogP contribution in [-0.4, -0.2) is 11.1 Å². The fourth-order valence-corrected chi connectivity index (χ4v) is 1.62. The summed E-state index contributed by atoms with van der Waals surface area (Å²) >= 11 is 0. The Bertz CT molecular complexity index is 410. The van der Waals surface area contributed by atoms with Crippen LogP contribution in [0.2, 0.25) is 0 Å². The molecule has 14 heavy (non-hydrogen) atoms. The molecule has 0 saturated heterocycles. The number of halogens is 1. The predicted molar refractivity (Wildman–Crippen MR) is 50.3 cm³/mol. The Labute approximate surface area is 80.7 Å². The summed E-state index contributed by atoms with van der Waals surface area (Å²) in [7, 11) is 0. The number of carboxylic acids is 1. The highest BCUT2D eigenvalue weighted by Crippen LogP contribution is 2.25. The molecule has 1 unspecified atom stereocenters. The van der Waals surface area contributed by atoms with Crippen LogP contribution in [0.5, 0.6) is 0 Å². The molecule has 2 nitrogen and oxygen atoms in total. The summed E-state index contributed by atoms with van der Waals surface area (Å²) in [5, 5.41) is 8.78. The highest BCUT2D eigenvalue weighted by Gasteiger charge is 2.21. The maximum Gasteiger partial charge on any atom is 0.310 e. The van der Waals surface area contributed by atoms with Gasteiger partial charge in [0.2, 0.25) is 0 Å². The van der Waals surface area contributed by atoms with Crippen molar-refractivity contribution in [2.75, 3.05) is 0 Å². The van der Waals surface area contributed by atoms with Gasteiger partial charge in [-0.05, 0) is 23.6 Å². The molecule has 3 heteroatoms. The van der Waals surface area contributed by atoms with Gasteiger partial charge in [0.15, 0.2) is 0 Å². The van der Waals surface area contributed by atoms with Gasteiger partial charge in [-0.3, -0.25) is 4.79 Å². The zero-order valence-electron chi connectivity index (χ0n) is 7.40. The van der Waals surface area contributed by atoms with Crippen molar-refractivity contribution in [3.8, 4) is 0 Å². The van der Waals surface area contributed by atoms with E-state index in [4.69, 9.17) is 5.11 Å². The summed E-state index contributed by atoms with van der Waals surface area (Å²) in [4.78, 5) is 10.7. The molecule has 1 aromatic carbocycles. The lowest BCUT2D eigenvalue weighted by Crippen LogP contribution is -2.17. The molecule has 0 spiro atoms. The largest absolute Gasteiger partial charge is 0.481 e. The first-order valence-electron chi connectivity index (χ1n) is 4.37. The Morgan fingerprint density at radius 3 is 3.00 bits per heavy atom. The fraction of sp³-hybridized carbons (Fsp3) is 0.182. The van der Waals surface area contributed by atoms with E-state index in [0.29, 0.717) is 5.56 Å². The molecule has 1 N–H and O–H groups in total. The van der Waals surface area contributed by atoms with Gasteiger partial charge < -0.3 is 5.11 Å². The average Bonchev–Trinajstić information content (AvgIpc) is 2.18. The third-order valence-corrected chi connectivity index (χ3v) is 2.40. The summed E-state index contributed by atoms with van der Waals surface area (Å²) in [5.74, 6) is -1.83. The van der Waals surface area contributed by atoms with Crippen LogP contribution in [0.3, 0.4) is 0 Å². The number of hydrogen-bond donors (Lipinski definition) is 1. The standard InChI is InChI=1S/C11H9FO2/c12-10-3-1-2-7-4-5-8(11(13)14)6-9(7)10/h1-5,8H,6H2,(H,13,14). The quantitative estimate of drug-likeness (QED) is 0.739. The first-order valence-corrected chi connectivity index (χ1v) is 4.37. The Morgan fingerprint density at radius 1 is 1.50 bits per heavy atom. The van der Waals surface area contributed by atoms with E-state index in [1.54, 1.807) is 24.3 Å². The van der Waals surface area contributed by atoms with E-state index in [9.17, 15) is 9.18 Å². The molecular weight excluding hydrogens is 183 g/mol. The van der Waals surface area contributed by atoms with Gasteiger partial charge in [-0.1, -0.05) is 24.3 Å². The van der Waals surface area contributed by atoms with Gasteiger partial charge in [-0.15, -0.1) is 0 Å². The molecule has 0 aromatic heterocycles. The van der Waals surface area contributed by atoms with Crippen molar-refractivity contribution < 1.29 is 14.3 Å². The number of benzene rings is 1. The second kappa shape index (κ2) is 3.25. The first kappa shape index (κ1) is 8.94. The normalized spacial score (nSPS) is 19.1. The van der Waals surface area contributed by atoms with Crippen molar-refractivity contribution in [3.05, 3.63) is 41.2 Å². The highest BCUT2D eigenvalue weighted by molar-refractivity contribution is 5.76. The molecule has 0 amide bonds. The summed E-state index contributed by atoms with van der Waals surface area (Å²) in [6.45, 7) is 0. The van der Waals surface area contributed by atoms with Crippen LogP contribution in [-0.2, 0) is 11.2 Å².